The van der Waals surface area contributed by atoms with Gasteiger partial charge in [0.25, 0.3) is 0 Å². The van der Waals surface area contributed by atoms with Crippen LogP contribution in [0, 0.1) is 0 Å². The lowest BCUT2D eigenvalue weighted by molar-refractivity contribution is 1.53. The number of fused-ring (bicyclic) bond motifs is 1. The first-order chi connectivity index (χ1) is 14.4. The normalized spacial score (nSPS) is 10.8. The second-order valence-electron chi connectivity index (χ2n) is 7.18. The summed E-state index contributed by atoms with van der Waals surface area (Å²) in [5.74, 6) is 0. The molecule has 138 valence electrons. The van der Waals surface area contributed by atoms with Gasteiger partial charge < -0.3 is 5.32 Å². The lowest BCUT2D eigenvalue weighted by atomic mass is 9.97. The Morgan fingerprint density at radius 1 is 0.414 bits per heavy atom. The molecule has 0 bridgehead atoms. The highest BCUT2D eigenvalue weighted by molar-refractivity contribution is 5.89. The fourth-order valence-electron chi connectivity index (χ4n) is 3.74. The van der Waals surface area contributed by atoms with Crippen molar-refractivity contribution in [3.63, 3.8) is 0 Å². The number of hydrogen-bond acceptors (Lipinski definition) is 1. The van der Waals surface area contributed by atoms with Gasteiger partial charge in [-0.2, -0.15) is 0 Å². The smallest absolute Gasteiger partial charge is 0.0464 e. The average molecular weight is 371 g/mol. The van der Waals surface area contributed by atoms with Crippen molar-refractivity contribution in [2.45, 2.75) is 0 Å². The Bertz CT molecular complexity index is 1260. The molecule has 1 nitrogen and oxygen atoms in total. The largest absolute Gasteiger partial charge is 0.355 e. The van der Waals surface area contributed by atoms with Gasteiger partial charge in [0.05, 0.1) is 0 Å². The molecule has 29 heavy (non-hydrogen) atoms. The summed E-state index contributed by atoms with van der Waals surface area (Å²) in [4.78, 5) is 0. The van der Waals surface area contributed by atoms with Crippen LogP contribution in [0.4, 0.5) is 11.4 Å². The maximum atomic E-state index is 3.64. The minimum atomic E-state index is 1.09. The Morgan fingerprint density at radius 2 is 1.07 bits per heavy atom. The lowest BCUT2D eigenvalue weighted by Crippen LogP contribution is -1.94. The second-order valence-corrected chi connectivity index (χ2v) is 7.18. The van der Waals surface area contributed by atoms with E-state index in [2.05, 4.69) is 127 Å². The van der Waals surface area contributed by atoms with Gasteiger partial charge in [0.2, 0.25) is 0 Å². The molecule has 5 rings (SSSR count). The fourth-order valence-corrected chi connectivity index (χ4v) is 3.74. The molecule has 0 saturated heterocycles. The van der Waals surface area contributed by atoms with E-state index in [0.29, 0.717) is 0 Å². The number of anilines is 2. The lowest BCUT2D eigenvalue weighted by Gasteiger charge is -2.15. The highest BCUT2D eigenvalue weighted by Crippen LogP contribution is 2.35. The van der Waals surface area contributed by atoms with Crippen LogP contribution in [0.1, 0.15) is 0 Å². The fraction of sp³-hybridized carbons (Fsp3) is 0. The summed E-state index contributed by atoms with van der Waals surface area (Å²) in [6, 6.07) is 42.7. The van der Waals surface area contributed by atoms with Crippen LogP contribution >= 0.6 is 0 Å². The van der Waals surface area contributed by atoms with Gasteiger partial charge in [-0.05, 0) is 51.7 Å². The molecule has 0 aliphatic rings. The molecule has 0 fully saturated rings. The molecule has 0 atom stereocenters. The van der Waals surface area contributed by atoms with Crippen LogP contribution in [-0.4, -0.2) is 0 Å². The van der Waals surface area contributed by atoms with E-state index >= 15 is 0 Å². The van der Waals surface area contributed by atoms with Crippen molar-refractivity contribution < 1.29 is 0 Å². The molecule has 0 aromatic heterocycles. The standard InChI is InChI=1S/C28H21N/c1-3-9-21(10-4-1)25-16-18-28(27(20-25)23-12-5-2-6-13-23)29-26-17-15-22-11-7-8-14-24(22)19-26/h1-20,29H. The van der Waals surface area contributed by atoms with E-state index in [1.807, 2.05) is 0 Å². The third-order valence-electron chi connectivity index (χ3n) is 5.24. The first-order valence-corrected chi connectivity index (χ1v) is 9.87. The van der Waals surface area contributed by atoms with Crippen LogP contribution in [-0.2, 0) is 0 Å². The van der Waals surface area contributed by atoms with Crippen molar-refractivity contribution in [2.24, 2.45) is 0 Å². The van der Waals surface area contributed by atoms with Crippen molar-refractivity contribution in [2.75, 3.05) is 5.32 Å². The Morgan fingerprint density at radius 3 is 1.83 bits per heavy atom. The third-order valence-corrected chi connectivity index (χ3v) is 5.24. The van der Waals surface area contributed by atoms with E-state index in [-0.39, 0.29) is 0 Å². The van der Waals surface area contributed by atoms with Gasteiger partial charge in [-0.15, -0.1) is 0 Å². The van der Waals surface area contributed by atoms with E-state index in [9.17, 15) is 0 Å². The summed E-state index contributed by atoms with van der Waals surface area (Å²) in [6.07, 6.45) is 0. The summed E-state index contributed by atoms with van der Waals surface area (Å²) in [5.41, 5.74) is 7.03. The predicted octanol–water partition coefficient (Wildman–Crippen LogP) is 7.92. The molecule has 0 saturated carbocycles. The summed E-state index contributed by atoms with van der Waals surface area (Å²) in [6.45, 7) is 0. The average Bonchev–Trinajstić information content (AvgIpc) is 2.80. The van der Waals surface area contributed by atoms with Crippen molar-refractivity contribution in [3.8, 4) is 22.3 Å². The monoisotopic (exact) mass is 371 g/mol. The van der Waals surface area contributed by atoms with Gasteiger partial charge in [-0.25, -0.2) is 0 Å². The van der Waals surface area contributed by atoms with Gasteiger partial charge >= 0.3 is 0 Å². The molecule has 0 spiro atoms. The predicted molar refractivity (Wildman–Crippen MR) is 125 cm³/mol. The molecular formula is C28H21N. The van der Waals surface area contributed by atoms with E-state index in [0.717, 1.165) is 11.4 Å². The Hall–Kier alpha value is -3.84. The summed E-state index contributed by atoms with van der Waals surface area (Å²) in [5, 5.41) is 6.13. The summed E-state index contributed by atoms with van der Waals surface area (Å²) in [7, 11) is 0. The minimum absolute atomic E-state index is 1.09. The van der Waals surface area contributed by atoms with Crippen LogP contribution in [0.2, 0.25) is 0 Å². The summed E-state index contributed by atoms with van der Waals surface area (Å²) < 4.78 is 0. The first kappa shape index (κ1) is 17.3. The van der Waals surface area contributed by atoms with Crippen molar-refractivity contribution >= 4 is 22.1 Å². The molecule has 0 aliphatic heterocycles. The van der Waals surface area contributed by atoms with Gasteiger partial charge in [-0.3, -0.25) is 0 Å². The topological polar surface area (TPSA) is 12.0 Å². The highest BCUT2D eigenvalue weighted by Gasteiger charge is 2.09. The maximum Gasteiger partial charge on any atom is 0.0464 e. The van der Waals surface area contributed by atoms with E-state index in [4.69, 9.17) is 0 Å². The van der Waals surface area contributed by atoms with Crippen LogP contribution < -0.4 is 5.32 Å². The maximum absolute atomic E-state index is 3.64. The van der Waals surface area contributed by atoms with Gasteiger partial charge in [-0.1, -0.05) is 97.1 Å². The third kappa shape index (κ3) is 3.63. The molecule has 0 amide bonds. The van der Waals surface area contributed by atoms with Gasteiger partial charge in [0.1, 0.15) is 0 Å². The first-order valence-electron chi connectivity index (χ1n) is 9.87. The van der Waals surface area contributed by atoms with Crippen molar-refractivity contribution in [3.05, 3.63) is 121 Å². The van der Waals surface area contributed by atoms with Gasteiger partial charge in [0.15, 0.2) is 0 Å². The number of rotatable bonds is 4. The number of nitrogens with one attached hydrogen (secondary N) is 1. The molecule has 0 aliphatic carbocycles. The van der Waals surface area contributed by atoms with Crippen molar-refractivity contribution in [1.82, 2.24) is 0 Å². The molecule has 0 heterocycles. The number of hydrogen-bond donors (Lipinski definition) is 1. The van der Waals surface area contributed by atoms with Crippen LogP contribution in [0.3, 0.4) is 0 Å². The van der Waals surface area contributed by atoms with Crippen LogP contribution in [0.15, 0.2) is 121 Å². The molecule has 1 heteroatoms. The zero-order valence-electron chi connectivity index (χ0n) is 16.0. The SMILES string of the molecule is c1ccc(-c2ccc(Nc3ccc4ccccc4c3)c(-c3ccccc3)c2)cc1. The van der Waals surface area contributed by atoms with Crippen molar-refractivity contribution in [1.29, 1.82) is 0 Å². The summed E-state index contributed by atoms with van der Waals surface area (Å²) >= 11 is 0. The Balaban J connectivity index is 1.59. The molecule has 5 aromatic rings. The Kier molecular flexibility index (Phi) is 4.56. The molecule has 1 N–H and O–H groups in total. The highest BCUT2D eigenvalue weighted by atomic mass is 14.9. The van der Waals surface area contributed by atoms with E-state index in [1.54, 1.807) is 0 Å². The molecular weight excluding hydrogens is 350 g/mol. The quantitative estimate of drug-likeness (QED) is 0.338. The second kappa shape index (κ2) is 7.65. The van der Waals surface area contributed by atoms with E-state index < -0.39 is 0 Å². The minimum Gasteiger partial charge on any atom is -0.355 e. The number of benzene rings is 5. The van der Waals surface area contributed by atoms with Crippen LogP contribution in [0.25, 0.3) is 33.0 Å². The van der Waals surface area contributed by atoms with Gasteiger partial charge in [0, 0.05) is 16.9 Å². The zero-order chi connectivity index (χ0) is 19.5. The zero-order valence-corrected chi connectivity index (χ0v) is 16.0. The van der Waals surface area contributed by atoms with Crippen LogP contribution in [0.5, 0.6) is 0 Å². The molecule has 5 aromatic carbocycles. The Labute approximate surface area is 171 Å². The molecule has 0 unspecified atom stereocenters. The van der Waals surface area contributed by atoms with E-state index in [1.165, 1.54) is 33.0 Å². The molecule has 0 radical (unpaired) electrons.